The predicted molar refractivity (Wildman–Crippen MR) is 82.5 cm³/mol. The van der Waals surface area contributed by atoms with Gasteiger partial charge in [0.2, 0.25) is 6.54 Å². The van der Waals surface area contributed by atoms with E-state index in [1.54, 1.807) is 37.3 Å². The monoisotopic (exact) mass is 323 g/mol. The lowest BCUT2D eigenvalue weighted by atomic mass is 9.98. The Balaban J connectivity index is 2.54. The van der Waals surface area contributed by atoms with Crippen molar-refractivity contribution < 1.29 is 24.0 Å². The molecule has 1 unspecified atom stereocenters. The van der Waals surface area contributed by atoms with Crippen LogP contribution < -0.4 is 4.74 Å². The molecule has 1 rings (SSSR count). The summed E-state index contributed by atoms with van der Waals surface area (Å²) in [5.74, 6) is -1.07. The largest absolute Gasteiger partial charge is 0.466 e. The van der Waals surface area contributed by atoms with Crippen LogP contribution in [0.5, 0.6) is 5.75 Å². The van der Waals surface area contributed by atoms with Gasteiger partial charge in [-0.1, -0.05) is 18.2 Å². The molecule has 0 aliphatic carbocycles. The van der Waals surface area contributed by atoms with Crippen molar-refractivity contribution in [3.8, 4) is 5.75 Å². The van der Waals surface area contributed by atoms with E-state index in [2.05, 4.69) is 0 Å². The van der Waals surface area contributed by atoms with Gasteiger partial charge in [-0.25, -0.2) is 0 Å². The number of nitro groups is 1. The second-order valence-electron chi connectivity index (χ2n) is 4.97. The van der Waals surface area contributed by atoms with Gasteiger partial charge < -0.3 is 9.47 Å². The molecule has 7 heteroatoms. The van der Waals surface area contributed by atoms with Crippen LogP contribution in [0.4, 0.5) is 0 Å². The van der Waals surface area contributed by atoms with Crippen LogP contribution in [0.3, 0.4) is 0 Å². The van der Waals surface area contributed by atoms with Gasteiger partial charge in [0, 0.05) is 17.8 Å². The Morgan fingerprint density at radius 2 is 1.91 bits per heavy atom. The Morgan fingerprint density at radius 3 is 2.52 bits per heavy atom. The predicted octanol–water partition coefficient (Wildman–Crippen LogP) is 2.61. The average Bonchev–Trinajstić information content (AvgIpc) is 2.51. The highest BCUT2D eigenvalue weighted by Crippen LogP contribution is 2.18. The van der Waals surface area contributed by atoms with Crippen molar-refractivity contribution in [2.75, 3.05) is 13.2 Å². The first-order valence-electron chi connectivity index (χ1n) is 7.57. The first kappa shape index (κ1) is 18.6. The van der Waals surface area contributed by atoms with Gasteiger partial charge in [0.25, 0.3) is 0 Å². The van der Waals surface area contributed by atoms with Crippen LogP contribution in [0.25, 0.3) is 0 Å². The fourth-order valence-electron chi connectivity index (χ4n) is 2.06. The summed E-state index contributed by atoms with van der Waals surface area (Å²) in [6.45, 7) is 1.71. The number of ether oxygens (including phenoxy) is 2. The first-order valence-corrected chi connectivity index (χ1v) is 7.57. The maximum absolute atomic E-state index is 12.2. The Morgan fingerprint density at radius 1 is 1.22 bits per heavy atom. The van der Waals surface area contributed by atoms with Crippen LogP contribution in [-0.4, -0.2) is 30.0 Å². The summed E-state index contributed by atoms with van der Waals surface area (Å²) in [5, 5.41) is 10.5. The van der Waals surface area contributed by atoms with E-state index < -0.39 is 16.8 Å². The summed E-state index contributed by atoms with van der Waals surface area (Å²) in [7, 11) is 0. The summed E-state index contributed by atoms with van der Waals surface area (Å²) in [6.07, 6.45) is 1.03. The molecule has 126 valence electrons. The Hall–Kier alpha value is -2.44. The summed E-state index contributed by atoms with van der Waals surface area (Å²) in [4.78, 5) is 33.5. The van der Waals surface area contributed by atoms with Crippen molar-refractivity contribution >= 4 is 11.9 Å². The van der Waals surface area contributed by atoms with Crippen LogP contribution in [0, 0.1) is 16.0 Å². The number of carbonyl (C=O) groups excluding carboxylic acids is 2. The summed E-state index contributed by atoms with van der Waals surface area (Å²) in [6, 6.07) is 8.54. The number of hydrogen-bond acceptors (Lipinski definition) is 6. The lowest BCUT2D eigenvalue weighted by Crippen LogP contribution is -2.23. The summed E-state index contributed by atoms with van der Waals surface area (Å²) in [5.41, 5.74) is 0. The van der Waals surface area contributed by atoms with Gasteiger partial charge in [-0.05, 0) is 31.9 Å². The molecule has 0 heterocycles. The fraction of sp³-hybridized carbons (Fsp3) is 0.500. The normalized spacial score (nSPS) is 11.5. The maximum Gasteiger partial charge on any atom is 0.314 e. The zero-order valence-corrected chi connectivity index (χ0v) is 13.1. The number of carbonyl (C=O) groups is 2. The van der Waals surface area contributed by atoms with E-state index in [1.165, 1.54) is 0 Å². The van der Waals surface area contributed by atoms with E-state index in [1.807, 2.05) is 0 Å². The molecule has 0 fully saturated rings. The molecule has 0 radical (unpaired) electrons. The number of esters is 2. The van der Waals surface area contributed by atoms with Crippen molar-refractivity contribution in [3.63, 3.8) is 0 Å². The van der Waals surface area contributed by atoms with Gasteiger partial charge in [0.15, 0.2) is 0 Å². The van der Waals surface area contributed by atoms with Crippen LogP contribution in [0.2, 0.25) is 0 Å². The number of rotatable bonds is 10. The van der Waals surface area contributed by atoms with Gasteiger partial charge in [0.05, 0.1) is 12.5 Å². The topological polar surface area (TPSA) is 95.7 Å². The highest BCUT2D eigenvalue weighted by molar-refractivity contribution is 5.75. The van der Waals surface area contributed by atoms with E-state index in [9.17, 15) is 19.7 Å². The number of hydrogen-bond donors (Lipinski definition) is 0. The number of para-hydroxylation sites is 1. The molecule has 0 spiro atoms. The molecule has 0 N–H and O–H groups in total. The van der Waals surface area contributed by atoms with Crippen LogP contribution in [0.15, 0.2) is 30.3 Å². The van der Waals surface area contributed by atoms with Crippen molar-refractivity contribution in [2.24, 2.45) is 5.92 Å². The van der Waals surface area contributed by atoms with E-state index >= 15 is 0 Å². The molecule has 0 aliphatic rings. The fourth-order valence-corrected chi connectivity index (χ4v) is 2.06. The Kier molecular flexibility index (Phi) is 8.34. The lowest BCUT2D eigenvalue weighted by Gasteiger charge is -2.14. The molecule has 0 bridgehead atoms. The summed E-state index contributed by atoms with van der Waals surface area (Å²) >= 11 is 0. The SMILES string of the molecule is CCOC(=O)CCCC(CC[N+](=O)[O-])C(=O)Oc1ccccc1. The number of nitrogens with zero attached hydrogens (tertiary/aromatic N) is 1. The standard InChI is InChI=1S/C16H21NO6/c1-2-22-15(18)10-6-7-13(11-12-17(20)21)16(19)23-14-8-4-3-5-9-14/h3-5,8-9,13H,2,6-7,10-12H2,1H3. The van der Waals surface area contributed by atoms with Crippen LogP contribution in [-0.2, 0) is 14.3 Å². The van der Waals surface area contributed by atoms with Crippen molar-refractivity contribution in [1.82, 2.24) is 0 Å². The van der Waals surface area contributed by atoms with Crippen molar-refractivity contribution in [3.05, 3.63) is 40.4 Å². The van der Waals surface area contributed by atoms with Gasteiger partial charge in [0.1, 0.15) is 5.75 Å². The van der Waals surface area contributed by atoms with Crippen molar-refractivity contribution in [1.29, 1.82) is 0 Å². The van der Waals surface area contributed by atoms with E-state index in [4.69, 9.17) is 9.47 Å². The maximum atomic E-state index is 12.2. The smallest absolute Gasteiger partial charge is 0.314 e. The van der Waals surface area contributed by atoms with E-state index in [0.717, 1.165) is 0 Å². The minimum atomic E-state index is -0.616. The second-order valence-corrected chi connectivity index (χ2v) is 4.97. The highest BCUT2D eigenvalue weighted by atomic mass is 16.6. The molecule has 0 saturated carbocycles. The molecule has 0 amide bonds. The van der Waals surface area contributed by atoms with Gasteiger partial charge in [-0.2, -0.15) is 0 Å². The highest BCUT2D eigenvalue weighted by Gasteiger charge is 2.23. The third-order valence-electron chi connectivity index (χ3n) is 3.19. The molecule has 1 aromatic carbocycles. The second kappa shape index (κ2) is 10.3. The average molecular weight is 323 g/mol. The minimum Gasteiger partial charge on any atom is -0.466 e. The molecule has 1 aromatic rings. The van der Waals surface area contributed by atoms with Gasteiger partial charge in [-0.15, -0.1) is 0 Å². The third-order valence-corrected chi connectivity index (χ3v) is 3.19. The molecule has 1 atom stereocenters. The quantitative estimate of drug-likeness (QED) is 0.284. The molecule has 23 heavy (non-hydrogen) atoms. The third kappa shape index (κ3) is 7.94. The number of benzene rings is 1. The van der Waals surface area contributed by atoms with Gasteiger partial charge >= 0.3 is 11.9 Å². The molecule has 0 saturated heterocycles. The molecule has 0 aliphatic heterocycles. The minimum absolute atomic E-state index is 0.0848. The Bertz CT molecular complexity index is 517. The Labute approximate surface area is 134 Å². The zero-order chi connectivity index (χ0) is 17.1. The molecule has 0 aromatic heterocycles. The van der Waals surface area contributed by atoms with Gasteiger partial charge in [-0.3, -0.25) is 19.7 Å². The first-order chi connectivity index (χ1) is 11.0. The van der Waals surface area contributed by atoms with Crippen LogP contribution in [0.1, 0.15) is 32.6 Å². The van der Waals surface area contributed by atoms with Crippen molar-refractivity contribution in [2.45, 2.75) is 32.6 Å². The van der Waals surface area contributed by atoms with E-state index in [0.29, 0.717) is 25.2 Å². The van der Waals surface area contributed by atoms with E-state index in [-0.39, 0.29) is 25.4 Å². The lowest BCUT2D eigenvalue weighted by molar-refractivity contribution is -0.481. The molecular weight excluding hydrogens is 302 g/mol. The molecule has 7 nitrogen and oxygen atoms in total. The zero-order valence-electron chi connectivity index (χ0n) is 13.1. The summed E-state index contributed by atoms with van der Waals surface area (Å²) < 4.78 is 10.1. The van der Waals surface area contributed by atoms with Crippen LogP contribution >= 0.6 is 0 Å². The molecular formula is C16H21NO6.